The first-order chi connectivity index (χ1) is 7.19. The van der Waals surface area contributed by atoms with Crippen LogP contribution in [0.2, 0.25) is 0 Å². The van der Waals surface area contributed by atoms with Crippen molar-refractivity contribution in [2.75, 3.05) is 13.7 Å². The van der Waals surface area contributed by atoms with Gasteiger partial charge in [0.15, 0.2) is 0 Å². The summed E-state index contributed by atoms with van der Waals surface area (Å²) in [6.07, 6.45) is 1.88. The minimum absolute atomic E-state index is 0. The topological polar surface area (TPSA) is 61.3 Å². The van der Waals surface area contributed by atoms with Gasteiger partial charge < -0.3 is 16.2 Å². The third-order valence-corrected chi connectivity index (χ3v) is 2.58. The first-order valence-corrected chi connectivity index (χ1v) is 5.29. The lowest BCUT2D eigenvalue weighted by Crippen LogP contribution is -2.12. The van der Waals surface area contributed by atoms with Crippen molar-refractivity contribution in [1.29, 1.82) is 0 Å². The zero-order valence-corrected chi connectivity index (χ0v) is 10.7. The molecular weight excluding hydrogens is 224 g/mol. The van der Waals surface area contributed by atoms with E-state index in [1.807, 2.05) is 19.1 Å². The summed E-state index contributed by atoms with van der Waals surface area (Å²) in [4.78, 5) is 0. The Morgan fingerprint density at radius 2 is 2.06 bits per heavy atom. The molecule has 92 valence electrons. The molecule has 0 aromatic heterocycles. The lowest BCUT2D eigenvalue weighted by atomic mass is 10.0. The van der Waals surface area contributed by atoms with Gasteiger partial charge in [-0.3, -0.25) is 0 Å². The highest BCUT2D eigenvalue weighted by Gasteiger charge is 2.07. The summed E-state index contributed by atoms with van der Waals surface area (Å²) in [6.45, 7) is 2.71. The zero-order chi connectivity index (χ0) is 11.3. The van der Waals surface area contributed by atoms with Crippen LogP contribution in [0, 0.1) is 6.92 Å². The van der Waals surface area contributed by atoms with Crippen LogP contribution in [-0.2, 0) is 0 Å². The summed E-state index contributed by atoms with van der Waals surface area (Å²) < 4.78 is 5.26. The summed E-state index contributed by atoms with van der Waals surface area (Å²) in [7, 11) is 1.68. The van der Waals surface area contributed by atoms with E-state index in [-0.39, 0.29) is 18.4 Å². The fourth-order valence-electron chi connectivity index (χ4n) is 1.57. The number of halogens is 1. The number of benzene rings is 1. The molecule has 4 heteroatoms. The van der Waals surface area contributed by atoms with E-state index in [2.05, 4.69) is 6.07 Å². The highest BCUT2D eigenvalue weighted by molar-refractivity contribution is 5.85. The van der Waals surface area contributed by atoms with Crippen LogP contribution in [0.3, 0.4) is 0 Å². The van der Waals surface area contributed by atoms with E-state index in [1.54, 1.807) is 7.11 Å². The van der Waals surface area contributed by atoms with Crippen LogP contribution >= 0.6 is 12.4 Å². The van der Waals surface area contributed by atoms with Gasteiger partial charge in [0.25, 0.3) is 0 Å². The van der Waals surface area contributed by atoms with E-state index >= 15 is 0 Å². The highest BCUT2D eigenvalue weighted by atomic mass is 35.5. The van der Waals surface area contributed by atoms with Crippen LogP contribution in [0.4, 0.5) is 0 Å². The van der Waals surface area contributed by atoms with Crippen molar-refractivity contribution in [3.05, 3.63) is 29.3 Å². The Labute approximate surface area is 104 Å². The van der Waals surface area contributed by atoms with E-state index in [4.69, 9.17) is 16.2 Å². The Morgan fingerprint density at radius 3 is 2.62 bits per heavy atom. The summed E-state index contributed by atoms with van der Waals surface area (Å²) in [6, 6.07) is 6.16. The fraction of sp³-hybridized carbons (Fsp3) is 0.500. The van der Waals surface area contributed by atoms with Crippen LogP contribution in [0.25, 0.3) is 0 Å². The van der Waals surface area contributed by atoms with Gasteiger partial charge in [0.2, 0.25) is 0 Å². The zero-order valence-electron chi connectivity index (χ0n) is 9.90. The molecule has 1 atom stereocenters. The molecule has 1 rings (SSSR count). The highest BCUT2D eigenvalue weighted by Crippen LogP contribution is 2.23. The smallest absolute Gasteiger partial charge is 0.122 e. The maximum absolute atomic E-state index is 6.04. The molecule has 0 heterocycles. The number of aryl methyl sites for hydroxylation is 1. The second kappa shape index (κ2) is 7.49. The van der Waals surface area contributed by atoms with E-state index in [1.165, 1.54) is 0 Å². The lowest BCUT2D eigenvalue weighted by molar-refractivity contribution is 0.410. The normalized spacial score (nSPS) is 11.8. The number of hydrogen-bond donors (Lipinski definition) is 2. The first-order valence-electron chi connectivity index (χ1n) is 5.29. The molecule has 1 aromatic carbocycles. The monoisotopic (exact) mass is 244 g/mol. The summed E-state index contributed by atoms with van der Waals surface area (Å²) in [5.41, 5.74) is 13.7. The predicted molar refractivity (Wildman–Crippen MR) is 70.2 cm³/mol. The molecule has 0 saturated carbocycles. The molecule has 3 nitrogen and oxygen atoms in total. The largest absolute Gasteiger partial charge is 0.496 e. The number of hydrogen-bond acceptors (Lipinski definition) is 3. The second-order valence-corrected chi connectivity index (χ2v) is 3.77. The van der Waals surface area contributed by atoms with Crippen LogP contribution in [0.1, 0.15) is 30.0 Å². The van der Waals surface area contributed by atoms with Crippen molar-refractivity contribution < 1.29 is 4.74 Å². The van der Waals surface area contributed by atoms with Gasteiger partial charge in [-0.25, -0.2) is 0 Å². The van der Waals surface area contributed by atoms with Gasteiger partial charge in [0.1, 0.15) is 5.75 Å². The fourth-order valence-corrected chi connectivity index (χ4v) is 1.57. The average molecular weight is 245 g/mol. The van der Waals surface area contributed by atoms with Crippen LogP contribution in [0.15, 0.2) is 18.2 Å². The summed E-state index contributed by atoms with van der Waals surface area (Å²) in [5.74, 6) is 0.899. The Hall–Kier alpha value is -0.770. The number of methoxy groups -OCH3 is 1. The van der Waals surface area contributed by atoms with Gasteiger partial charge in [-0.15, -0.1) is 12.4 Å². The van der Waals surface area contributed by atoms with E-state index in [0.29, 0.717) is 6.54 Å². The van der Waals surface area contributed by atoms with Gasteiger partial charge >= 0.3 is 0 Å². The molecule has 0 aliphatic heterocycles. The average Bonchev–Trinajstić information content (AvgIpc) is 2.26. The third kappa shape index (κ3) is 4.00. The molecule has 4 N–H and O–H groups in total. The maximum atomic E-state index is 6.04. The molecule has 0 amide bonds. The van der Waals surface area contributed by atoms with Crippen molar-refractivity contribution in [2.45, 2.75) is 25.8 Å². The Kier molecular flexibility index (Phi) is 7.13. The molecule has 0 radical (unpaired) electrons. The molecule has 0 fully saturated rings. The Bertz CT molecular complexity index is 318. The molecular formula is C12H21ClN2O. The Balaban J connectivity index is 0.00000225. The molecule has 1 aromatic rings. The lowest BCUT2D eigenvalue weighted by Gasteiger charge is -2.13. The number of nitrogens with two attached hydrogens (primary N) is 2. The maximum Gasteiger partial charge on any atom is 0.122 e. The van der Waals surface area contributed by atoms with E-state index in [9.17, 15) is 0 Å². The summed E-state index contributed by atoms with van der Waals surface area (Å²) >= 11 is 0. The Morgan fingerprint density at radius 1 is 1.38 bits per heavy atom. The van der Waals surface area contributed by atoms with Crippen LogP contribution in [-0.4, -0.2) is 13.7 Å². The quantitative estimate of drug-likeness (QED) is 0.835. The molecule has 0 aliphatic carbocycles. The molecule has 0 unspecified atom stereocenters. The first kappa shape index (κ1) is 15.2. The molecule has 0 aliphatic rings. The van der Waals surface area contributed by atoms with E-state index < -0.39 is 0 Å². The second-order valence-electron chi connectivity index (χ2n) is 3.77. The number of rotatable bonds is 5. The molecule has 0 spiro atoms. The van der Waals surface area contributed by atoms with Crippen molar-refractivity contribution in [3.8, 4) is 5.75 Å². The van der Waals surface area contributed by atoms with Crippen LogP contribution in [0.5, 0.6) is 5.75 Å². The van der Waals surface area contributed by atoms with Crippen molar-refractivity contribution in [2.24, 2.45) is 11.5 Å². The summed E-state index contributed by atoms with van der Waals surface area (Å²) in [5, 5.41) is 0. The minimum atomic E-state index is 0. The van der Waals surface area contributed by atoms with Crippen LogP contribution < -0.4 is 16.2 Å². The van der Waals surface area contributed by atoms with Gasteiger partial charge in [-0.1, -0.05) is 12.1 Å². The third-order valence-electron chi connectivity index (χ3n) is 2.58. The molecule has 0 saturated heterocycles. The predicted octanol–water partition coefficient (Wildman–Crippen LogP) is 2.16. The van der Waals surface area contributed by atoms with Crippen molar-refractivity contribution in [3.63, 3.8) is 0 Å². The molecule has 0 bridgehead atoms. The SMILES string of the molecule is COc1cc([C@@H](N)CCCN)ccc1C.Cl. The van der Waals surface area contributed by atoms with Crippen molar-refractivity contribution >= 4 is 12.4 Å². The van der Waals surface area contributed by atoms with Gasteiger partial charge in [0, 0.05) is 6.04 Å². The van der Waals surface area contributed by atoms with Crippen molar-refractivity contribution in [1.82, 2.24) is 0 Å². The van der Waals surface area contributed by atoms with Gasteiger partial charge in [-0.05, 0) is 43.5 Å². The standard InChI is InChI=1S/C12H20N2O.ClH/c1-9-5-6-10(8-12(9)15-2)11(14)4-3-7-13;/h5-6,8,11H,3-4,7,13-14H2,1-2H3;1H/t11-;/m0./s1. The number of ether oxygens (including phenoxy) is 1. The van der Waals surface area contributed by atoms with Gasteiger partial charge in [-0.2, -0.15) is 0 Å². The van der Waals surface area contributed by atoms with E-state index in [0.717, 1.165) is 29.7 Å². The van der Waals surface area contributed by atoms with Gasteiger partial charge in [0.05, 0.1) is 7.11 Å². The minimum Gasteiger partial charge on any atom is -0.496 e. The molecule has 16 heavy (non-hydrogen) atoms.